The summed E-state index contributed by atoms with van der Waals surface area (Å²) in [4.78, 5) is 12.8. The molecule has 0 saturated carbocycles. The highest BCUT2D eigenvalue weighted by molar-refractivity contribution is 7.89. The molecule has 1 heterocycles. The van der Waals surface area contributed by atoms with Gasteiger partial charge in [0.05, 0.1) is 10.5 Å². The zero-order chi connectivity index (χ0) is 16.5. The maximum absolute atomic E-state index is 13.8. The van der Waals surface area contributed by atoms with E-state index in [0.29, 0.717) is 0 Å². The first-order chi connectivity index (χ1) is 10.2. The molecule has 2 N–H and O–H groups in total. The summed E-state index contributed by atoms with van der Waals surface area (Å²) in [6, 6.07) is 1.84. The van der Waals surface area contributed by atoms with Gasteiger partial charge < -0.3 is 10.0 Å². The molecule has 0 amide bonds. The fourth-order valence-corrected chi connectivity index (χ4v) is 3.69. The van der Waals surface area contributed by atoms with Crippen LogP contribution in [-0.2, 0) is 10.0 Å². The molecule has 1 unspecified atom stereocenters. The van der Waals surface area contributed by atoms with Crippen LogP contribution in [0.4, 0.5) is 4.39 Å². The van der Waals surface area contributed by atoms with Crippen LogP contribution in [0.3, 0.4) is 0 Å². The maximum Gasteiger partial charge on any atom is 0.336 e. The SMILES string of the molecule is Cc1c(F)cc(S(=O)(=O)NCC2CCN(C)C2)cc1C(=O)O. The van der Waals surface area contributed by atoms with Crippen molar-refractivity contribution in [2.45, 2.75) is 18.2 Å². The molecular weight excluding hydrogens is 311 g/mol. The normalized spacial score (nSPS) is 19.5. The number of halogens is 1. The van der Waals surface area contributed by atoms with Crippen LogP contribution in [0, 0.1) is 18.7 Å². The molecule has 6 nitrogen and oxygen atoms in total. The van der Waals surface area contributed by atoms with Gasteiger partial charge in [0, 0.05) is 13.1 Å². The maximum atomic E-state index is 13.8. The van der Waals surface area contributed by atoms with Crippen molar-refractivity contribution in [1.29, 1.82) is 0 Å². The number of carboxylic acid groups (broad SMARTS) is 1. The average molecular weight is 330 g/mol. The number of rotatable bonds is 5. The second-order valence-electron chi connectivity index (χ2n) is 5.65. The average Bonchev–Trinajstić information content (AvgIpc) is 2.85. The summed E-state index contributed by atoms with van der Waals surface area (Å²) < 4.78 is 40.6. The fraction of sp³-hybridized carbons (Fsp3) is 0.500. The van der Waals surface area contributed by atoms with Crippen molar-refractivity contribution < 1.29 is 22.7 Å². The first kappa shape index (κ1) is 16.9. The van der Waals surface area contributed by atoms with Crippen molar-refractivity contribution in [2.24, 2.45) is 5.92 Å². The Balaban J connectivity index is 2.20. The van der Waals surface area contributed by atoms with Gasteiger partial charge in [-0.25, -0.2) is 22.3 Å². The number of carboxylic acids is 1. The van der Waals surface area contributed by atoms with E-state index in [0.717, 1.165) is 31.6 Å². The number of benzene rings is 1. The molecule has 1 atom stereocenters. The van der Waals surface area contributed by atoms with Crippen molar-refractivity contribution in [3.05, 3.63) is 29.1 Å². The zero-order valence-corrected chi connectivity index (χ0v) is 13.3. The molecule has 122 valence electrons. The van der Waals surface area contributed by atoms with E-state index in [4.69, 9.17) is 5.11 Å². The van der Waals surface area contributed by atoms with Crippen LogP contribution in [0.5, 0.6) is 0 Å². The lowest BCUT2D eigenvalue weighted by atomic mass is 10.1. The summed E-state index contributed by atoms with van der Waals surface area (Å²) in [6.07, 6.45) is 0.891. The number of nitrogens with zero attached hydrogens (tertiary/aromatic N) is 1. The number of likely N-dealkylation sites (tertiary alicyclic amines) is 1. The van der Waals surface area contributed by atoms with Crippen LogP contribution in [0.2, 0.25) is 0 Å². The Bertz CT molecular complexity index is 690. The Kier molecular flexibility index (Phi) is 4.84. The van der Waals surface area contributed by atoms with Gasteiger partial charge in [0.15, 0.2) is 0 Å². The molecule has 0 aliphatic carbocycles. The fourth-order valence-electron chi connectivity index (χ4n) is 2.54. The Morgan fingerprint density at radius 2 is 2.18 bits per heavy atom. The summed E-state index contributed by atoms with van der Waals surface area (Å²) in [5.74, 6) is -2.00. The minimum absolute atomic E-state index is 0.0798. The Morgan fingerprint density at radius 1 is 1.50 bits per heavy atom. The summed E-state index contributed by atoms with van der Waals surface area (Å²) in [5, 5.41) is 9.02. The quantitative estimate of drug-likeness (QED) is 0.843. The van der Waals surface area contributed by atoms with Gasteiger partial charge in [0.25, 0.3) is 0 Å². The molecule has 0 bridgehead atoms. The van der Waals surface area contributed by atoms with Crippen LogP contribution < -0.4 is 4.72 Å². The van der Waals surface area contributed by atoms with Gasteiger partial charge in [0.2, 0.25) is 10.0 Å². The van der Waals surface area contributed by atoms with Crippen LogP contribution in [0.25, 0.3) is 0 Å². The molecule has 2 rings (SSSR count). The van der Waals surface area contributed by atoms with Crippen LogP contribution >= 0.6 is 0 Å². The van der Waals surface area contributed by atoms with E-state index in [-0.39, 0.29) is 28.5 Å². The number of carbonyl (C=O) groups is 1. The second kappa shape index (κ2) is 6.31. The lowest BCUT2D eigenvalue weighted by Gasteiger charge is -2.13. The third kappa shape index (κ3) is 3.63. The summed E-state index contributed by atoms with van der Waals surface area (Å²) in [5.41, 5.74) is -0.426. The summed E-state index contributed by atoms with van der Waals surface area (Å²) in [6.45, 7) is 3.27. The van der Waals surface area contributed by atoms with E-state index >= 15 is 0 Å². The van der Waals surface area contributed by atoms with Crippen molar-refractivity contribution in [3.63, 3.8) is 0 Å². The smallest absolute Gasteiger partial charge is 0.336 e. The first-order valence-electron chi connectivity index (χ1n) is 6.92. The minimum atomic E-state index is -3.93. The lowest BCUT2D eigenvalue weighted by Crippen LogP contribution is -2.30. The highest BCUT2D eigenvalue weighted by atomic mass is 32.2. The lowest BCUT2D eigenvalue weighted by molar-refractivity contribution is 0.0695. The number of nitrogens with one attached hydrogen (secondary N) is 1. The van der Waals surface area contributed by atoms with E-state index < -0.39 is 21.8 Å². The number of sulfonamides is 1. The van der Waals surface area contributed by atoms with Crippen molar-refractivity contribution in [1.82, 2.24) is 9.62 Å². The molecule has 22 heavy (non-hydrogen) atoms. The molecule has 1 fully saturated rings. The molecule has 0 radical (unpaired) electrons. The number of hydrogen-bond acceptors (Lipinski definition) is 4. The van der Waals surface area contributed by atoms with E-state index in [1.165, 1.54) is 6.92 Å². The summed E-state index contributed by atoms with van der Waals surface area (Å²) in [7, 11) is -1.97. The van der Waals surface area contributed by atoms with Gasteiger partial charge in [-0.15, -0.1) is 0 Å². The second-order valence-corrected chi connectivity index (χ2v) is 7.42. The molecule has 1 aliphatic rings. The van der Waals surface area contributed by atoms with Crippen molar-refractivity contribution in [3.8, 4) is 0 Å². The van der Waals surface area contributed by atoms with Crippen LogP contribution in [0.1, 0.15) is 22.3 Å². The minimum Gasteiger partial charge on any atom is -0.478 e. The molecule has 0 aromatic heterocycles. The van der Waals surface area contributed by atoms with Gasteiger partial charge in [0.1, 0.15) is 5.82 Å². The highest BCUT2D eigenvalue weighted by Gasteiger charge is 2.24. The third-order valence-electron chi connectivity index (χ3n) is 3.91. The van der Waals surface area contributed by atoms with E-state index in [9.17, 15) is 17.6 Å². The molecule has 1 aromatic carbocycles. The van der Waals surface area contributed by atoms with Gasteiger partial charge in [-0.05, 0) is 50.6 Å². The van der Waals surface area contributed by atoms with Gasteiger partial charge in [-0.1, -0.05) is 0 Å². The van der Waals surface area contributed by atoms with Crippen LogP contribution in [-0.4, -0.2) is 51.1 Å². The molecule has 1 saturated heterocycles. The van der Waals surface area contributed by atoms with Gasteiger partial charge in [-0.3, -0.25) is 0 Å². The molecule has 0 spiro atoms. The molecule has 1 aromatic rings. The first-order valence-corrected chi connectivity index (χ1v) is 8.40. The predicted octanol–water partition coefficient (Wildman–Crippen LogP) is 1.06. The predicted molar refractivity (Wildman–Crippen MR) is 78.9 cm³/mol. The third-order valence-corrected chi connectivity index (χ3v) is 5.31. The van der Waals surface area contributed by atoms with Crippen LogP contribution in [0.15, 0.2) is 17.0 Å². The van der Waals surface area contributed by atoms with E-state index in [1.54, 1.807) is 0 Å². The monoisotopic (exact) mass is 330 g/mol. The molecule has 1 aliphatic heterocycles. The van der Waals surface area contributed by atoms with Crippen molar-refractivity contribution >= 4 is 16.0 Å². The molecular formula is C14H19FN2O4S. The Morgan fingerprint density at radius 3 is 2.73 bits per heavy atom. The standard InChI is InChI=1S/C14H19FN2O4S/c1-9-12(14(18)19)5-11(6-13(9)15)22(20,21)16-7-10-3-4-17(2)8-10/h5-6,10,16H,3-4,7-8H2,1-2H3,(H,18,19). The number of hydrogen-bond donors (Lipinski definition) is 2. The van der Waals surface area contributed by atoms with Gasteiger partial charge in [-0.2, -0.15) is 0 Å². The highest BCUT2D eigenvalue weighted by Crippen LogP contribution is 2.20. The number of aromatic carboxylic acids is 1. The zero-order valence-electron chi connectivity index (χ0n) is 12.5. The van der Waals surface area contributed by atoms with Crippen molar-refractivity contribution in [2.75, 3.05) is 26.7 Å². The summed E-state index contributed by atoms with van der Waals surface area (Å²) >= 11 is 0. The van der Waals surface area contributed by atoms with E-state index in [1.807, 2.05) is 7.05 Å². The largest absolute Gasteiger partial charge is 0.478 e. The Hall–Kier alpha value is -1.51. The van der Waals surface area contributed by atoms with E-state index in [2.05, 4.69) is 9.62 Å². The topological polar surface area (TPSA) is 86.7 Å². The van der Waals surface area contributed by atoms with Gasteiger partial charge >= 0.3 is 5.97 Å². The Labute approximate surface area is 129 Å². The molecule has 8 heteroatoms.